The first kappa shape index (κ1) is 12.2. The van der Waals surface area contributed by atoms with Crippen LogP contribution in [0.25, 0.3) is 11.1 Å². The van der Waals surface area contributed by atoms with Crippen LogP contribution in [0.1, 0.15) is 25.0 Å². The van der Waals surface area contributed by atoms with E-state index in [1.165, 1.54) is 6.42 Å². The molecule has 3 rings (SSSR count). The van der Waals surface area contributed by atoms with Crippen LogP contribution in [-0.4, -0.2) is 27.9 Å². The molecule has 1 saturated carbocycles. The van der Waals surface area contributed by atoms with Crippen LogP contribution in [0.2, 0.25) is 0 Å². The van der Waals surface area contributed by atoms with Gasteiger partial charge in [-0.1, -0.05) is 6.07 Å². The molecule has 1 fully saturated rings. The lowest BCUT2D eigenvalue weighted by Crippen LogP contribution is -2.41. The molecule has 1 aliphatic rings. The molecular formula is C14H18N4O. The summed E-state index contributed by atoms with van der Waals surface area (Å²) in [6.45, 7) is 0. The maximum Gasteiger partial charge on any atom is 0.153 e. The lowest BCUT2D eigenvalue weighted by Gasteiger charge is -2.40. The molecule has 3 N–H and O–H groups in total. The number of hydrogen-bond acceptors (Lipinski definition) is 4. The van der Waals surface area contributed by atoms with Gasteiger partial charge in [0.15, 0.2) is 5.82 Å². The Labute approximate surface area is 112 Å². The molecule has 0 saturated heterocycles. The molecule has 0 unspecified atom stereocenters. The van der Waals surface area contributed by atoms with Gasteiger partial charge >= 0.3 is 0 Å². The lowest BCUT2D eigenvalue weighted by atomic mass is 9.76. The van der Waals surface area contributed by atoms with Crippen molar-refractivity contribution in [3.63, 3.8) is 0 Å². The molecule has 2 heterocycles. The lowest BCUT2D eigenvalue weighted by molar-refractivity contribution is -0.0713. The van der Waals surface area contributed by atoms with Crippen molar-refractivity contribution < 1.29 is 4.74 Å². The van der Waals surface area contributed by atoms with E-state index >= 15 is 0 Å². The highest BCUT2D eigenvalue weighted by Crippen LogP contribution is 2.40. The number of nitrogens with two attached hydrogens (primary N) is 1. The Hall–Kier alpha value is -1.88. The fraction of sp³-hybridized carbons (Fsp3) is 0.429. The number of nitrogen functional groups attached to an aromatic ring is 1. The molecule has 1 aliphatic carbocycles. The third-order valence-electron chi connectivity index (χ3n) is 4.02. The maximum atomic E-state index is 5.98. The minimum absolute atomic E-state index is 0.0457. The molecule has 0 spiro atoms. The largest absolute Gasteiger partial charge is 0.382 e. The van der Waals surface area contributed by atoms with E-state index in [-0.39, 0.29) is 5.60 Å². The van der Waals surface area contributed by atoms with Crippen LogP contribution in [0, 0.1) is 0 Å². The van der Waals surface area contributed by atoms with E-state index in [0.717, 1.165) is 36.1 Å². The van der Waals surface area contributed by atoms with Crippen molar-refractivity contribution in [2.75, 3.05) is 12.8 Å². The van der Waals surface area contributed by atoms with Crippen molar-refractivity contribution in [2.45, 2.75) is 31.3 Å². The predicted molar refractivity (Wildman–Crippen MR) is 73.5 cm³/mol. The minimum Gasteiger partial charge on any atom is -0.382 e. The summed E-state index contributed by atoms with van der Waals surface area (Å²) >= 11 is 0. The van der Waals surface area contributed by atoms with E-state index in [1.54, 1.807) is 13.3 Å². The van der Waals surface area contributed by atoms with Crippen LogP contribution < -0.4 is 5.73 Å². The molecule has 0 amide bonds. The zero-order valence-corrected chi connectivity index (χ0v) is 11.0. The van der Waals surface area contributed by atoms with Gasteiger partial charge in [0.05, 0.1) is 5.60 Å². The average molecular weight is 258 g/mol. The van der Waals surface area contributed by atoms with Gasteiger partial charge in [0.2, 0.25) is 0 Å². The van der Waals surface area contributed by atoms with Gasteiger partial charge in [-0.2, -0.15) is 5.10 Å². The zero-order valence-electron chi connectivity index (χ0n) is 11.0. The van der Waals surface area contributed by atoms with Gasteiger partial charge in [0.1, 0.15) is 0 Å². The Morgan fingerprint density at radius 2 is 2.32 bits per heavy atom. The Kier molecular flexibility index (Phi) is 2.98. The zero-order chi connectivity index (χ0) is 13.3. The van der Waals surface area contributed by atoms with Crippen molar-refractivity contribution in [1.29, 1.82) is 0 Å². The van der Waals surface area contributed by atoms with Gasteiger partial charge in [-0.05, 0) is 25.3 Å². The topological polar surface area (TPSA) is 76.8 Å². The number of aromatic nitrogens is 3. The summed E-state index contributed by atoms with van der Waals surface area (Å²) in [4.78, 5) is 4.15. The highest BCUT2D eigenvalue weighted by Gasteiger charge is 2.38. The molecule has 5 nitrogen and oxygen atoms in total. The number of hydrogen-bond donors (Lipinski definition) is 2. The van der Waals surface area contributed by atoms with Gasteiger partial charge in [-0.3, -0.25) is 10.1 Å². The SMILES string of the molecule is COC1(Cc2[nH]nc(N)c2-c2cccnc2)CCC1. The first-order chi connectivity index (χ1) is 9.24. The Bertz CT molecular complexity index is 555. The molecule has 2 aromatic rings. The molecule has 100 valence electrons. The van der Waals surface area contributed by atoms with E-state index in [1.807, 2.05) is 18.3 Å². The number of aromatic amines is 1. The normalized spacial score (nSPS) is 17.1. The standard InChI is InChI=1S/C14H18N4O/c1-19-14(5-3-6-14)8-11-12(13(15)18-17-11)10-4-2-7-16-9-10/h2,4,7,9H,3,5-6,8H2,1H3,(H3,15,17,18). The smallest absolute Gasteiger partial charge is 0.153 e. The predicted octanol–water partition coefficient (Wildman–Crippen LogP) is 2.17. The number of methoxy groups -OCH3 is 1. The van der Waals surface area contributed by atoms with E-state index in [9.17, 15) is 0 Å². The maximum absolute atomic E-state index is 5.98. The molecular weight excluding hydrogens is 240 g/mol. The minimum atomic E-state index is -0.0457. The van der Waals surface area contributed by atoms with Crippen LogP contribution in [0.15, 0.2) is 24.5 Å². The second kappa shape index (κ2) is 4.66. The molecule has 0 aliphatic heterocycles. The molecule has 0 radical (unpaired) electrons. The number of anilines is 1. The fourth-order valence-electron chi connectivity index (χ4n) is 2.70. The summed E-state index contributed by atoms with van der Waals surface area (Å²) in [5.41, 5.74) is 8.92. The molecule has 0 bridgehead atoms. The van der Waals surface area contributed by atoms with Crippen LogP contribution in [-0.2, 0) is 11.2 Å². The summed E-state index contributed by atoms with van der Waals surface area (Å²) in [5.74, 6) is 0.522. The molecule has 19 heavy (non-hydrogen) atoms. The van der Waals surface area contributed by atoms with Crippen LogP contribution >= 0.6 is 0 Å². The third kappa shape index (κ3) is 2.10. The van der Waals surface area contributed by atoms with E-state index in [0.29, 0.717) is 5.82 Å². The number of nitrogens with zero attached hydrogens (tertiary/aromatic N) is 2. The van der Waals surface area contributed by atoms with Crippen molar-refractivity contribution >= 4 is 5.82 Å². The van der Waals surface area contributed by atoms with Crippen molar-refractivity contribution in [2.24, 2.45) is 0 Å². The van der Waals surface area contributed by atoms with Crippen molar-refractivity contribution in [1.82, 2.24) is 15.2 Å². The second-order valence-corrected chi connectivity index (χ2v) is 5.12. The van der Waals surface area contributed by atoms with Crippen LogP contribution in [0.5, 0.6) is 0 Å². The fourth-order valence-corrected chi connectivity index (χ4v) is 2.70. The Balaban J connectivity index is 1.95. The first-order valence-corrected chi connectivity index (χ1v) is 6.52. The highest BCUT2D eigenvalue weighted by molar-refractivity contribution is 5.75. The number of ether oxygens (including phenoxy) is 1. The van der Waals surface area contributed by atoms with E-state index < -0.39 is 0 Å². The Morgan fingerprint density at radius 1 is 1.47 bits per heavy atom. The van der Waals surface area contributed by atoms with Gasteiger partial charge in [0.25, 0.3) is 0 Å². The number of pyridine rings is 1. The quantitative estimate of drug-likeness (QED) is 0.881. The summed E-state index contributed by atoms with van der Waals surface area (Å²) in [5, 5.41) is 7.19. The summed E-state index contributed by atoms with van der Waals surface area (Å²) in [6.07, 6.45) is 7.79. The molecule has 0 atom stereocenters. The second-order valence-electron chi connectivity index (χ2n) is 5.12. The average Bonchev–Trinajstić information content (AvgIpc) is 2.76. The number of rotatable bonds is 4. The number of nitrogens with one attached hydrogen (secondary N) is 1. The summed E-state index contributed by atoms with van der Waals surface area (Å²) in [6, 6.07) is 3.90. The first-order valence-electron chi connectivity index (χ1n) is 6.52. The van der Waals surface area contributed by atoms with Gasteiger partial charge in [-0.15, -0.1) is 0 Å². The van der Waals surface area contributed by atoms with Crippen molar-refractivity contribution in [3.8, 4) is 11.1 Å². The van der Waals surface area contributed by atoms with E-state index in [2.05, 4.69) is 15.2 Å². The number of H-pyrrole nitrogens is 1. The van der Waals surface area contributed by atoms with Gasteiger partial charge in [0, 0.05) is 42.7 Å². The third-order valence-corrected chi connectivity index (χ3v) is 4.02. The van der Waals surface area contributed by atoms with E-state index in [4.69, 9.17) is 10.5 Å². The van der Waals surface area contributed by atoms with Crippen LogP contribution in [0.3, 0.4) is 0 Å². The van der Waals surface area contributed by atoms with Crippen molar-refractivity contribution in [3.05, 3.63) is 30.2 Å². The molecule has 2 aromatic heterocycles. The molecule has 5 heteroatoms. The highest BCUT2D eigenvalue weighted by atomic mass is 16.5. The Morgan fingerprint density at radius 3 is 2.89 bits per heavy atom. The van der Waals surface area contributed by atoms with Gasteiger partial charge < -0.3 is 10.5 Å². The van der Waals surface area contributed by atoms with Crippen LogP contribution in [0.4, 0.5) is 5.82 Å². The summed E-state index contributed by atoms with van der Waals surface area (Å²) < 4.78 is 5.67. The monoisotopic (exact) mass is 258 g/mol. The van der Waals surface area contributed by atoms with Gasteiger partial charge in [-0.25, -0.2) is 0 Å². The summed E-state index contributed by atoms with van der Waals surface area (Å²) in [7, 11) is 1.78. The molecule has 0 aromatic carbocycles.